The summed E-state index contributed by atoms with van der Waals surface area (Å²) in [6.45, 7) is 11.3. The smallest absolute Gasteiger partial charge is 0.327 e. The van der Waals surface area contributed by atoms with Crippen LogP contribution >= 0.6 is 0 Å². The molecule has 28 heavy (non-hydrogen) atoms. The second-order valence-electron chi connectivity index (χ2n) is 8.64. The van der Waals surface area contributed by atoms with Crippen LogP contribution in [-0.4, -0.2) is 64.4 Å². The lowest BCUT2D eigenvalue weighted by Crippen LogP contribution is -2.57. The van der Waals surface area contributed by atoms with Gasteiger partial charge in [0.2, 0.25) is 0 Å². The molecule has 6 heteroatoms. The summed E-state index contributed by atoms with van der Waals surface area (Å²) in [7, 11) is 0. The Morgan fingerprint density at radius 3 is 2.46 bits per heavy atom. The van der Waals surface area contributed by atoms with Crippen LogP contribution in [0.5, 0.6) is 0 Å². The molecule has 0 bridgehead atoms. The minimum atomic E-state index is -0.655. The maximum Gasteiger partial charge on any atom is 0.327 e. The number of carbonyl (C=O) groups is 2. The summed E-state index contributed by atoms with van der Waals surface area (Å²) in [6.07, 6.45) is 8.06. The van der Waals surface area contributed by atoms with Gasteiger partial charge in [0.15, 0.2) is 0 Å². The third-order valence-electron chi connectivity index (χ3n) is 5.89. The van der Waals surface area contributed by atoms with Gasteiger partial charge in [-0.25, -0.2) is 4.79 Å². The molecular formula is C22H33N3O3. The summed E-state index contributed by atoms with van der Waals surface area (Å²) in [4.78, 5) is 32.0. The number of carbonyl (C=O) groups excluding carboxylic acids is 2. The Kier molecular flexibility index (Phi) is 6.28. The molecule has 1 aromatic heterocycles. The first-order chi connectivity index (χ1) is 13.3. The van der Waals surface area contributed by atoms with Crippen LogP contribution < -0.4 is 0 Å². The highest BCUT2D eigenvalue weighted by atomic mass is 16.3. The molecule has 2 fully saturated rings. The molecule has 1 aromatic rings. The number of furan rings is 1. The summed E-state index contributed by atoms with van der Waals surface area (Å²) >= 11 is 0. The molecule has 0 N–H and O–H groups in total. The molecule has 0 saturated carbocycles. The molecule has 0 aliphatic carbocycles. The highest BCUT2D eigenvalue weighted by molar-refractivity contribution is 6.07. The number of nitrogens with zero attached hydrogens (tertiary/aromatic N) is 3. The first-order valence-electron chi connectivity index (χ1n) is 10.4. The number of piperidine rings is 1. The minimum absolute atomic E-state index is 0.00188. The topological polar surface area (TPSA) is 57.0 Å². The zero-order chi connectivity index (χ0) is 20.3. The number of imide groups is 1. The first kappa shape index (κ1) is 20.6. The minimum Gasteiger partial charge on any atom is -0.465 e. The number of hydrogen-bond donors (Lipinski definition) is 0. The van der Waals surface area contributed by atoms with Crippen molar-refractivity contribution in [3.05, 3.63) is 30.2 Å². The van der Waals surface area contributed by atoms with Gasteiger partial charge in [0.1, 0.15) is 11.3 Å². The number of hydrogen-bond acceptors (Lipinski definition) is 4. The molecular weight excluding hydrogens is 354 g/mol. The van der Waals surface area contributed by atoms with Gasteiger partial charge in [-0.3, -0.25) is 14.6 Å². The standard InChI is InChI=1S/C22H33N3O3/c1-17(2)9-13-24-21(27)25(18(3)4)20(26)22(24)10-14-23(15-11-22)12-5-7-19-8-6-16-28-19/h5-8,16-18H,9-15H2,1-4H3. The van der Waals surface area contributed by atoms with E-state index in [1.54, 1.807) is 6.26 Å². The number of urea groups is 1. The van der Waals surface area contributed by atoms with Gasteiger partial charge in [0, 0.05) is 32.2 Å². The van der Waals surface area contributed by atoms with Gasteiger partial charge in [0.25, 0.3) is 5.91 Å². The molecule has 3 heterocycles. The van der Waals surface area contributed by atoms with Gasteiger partial charge >= 0.3 is 6.03 Å². The number of amides is 3. The SMILES string of the molecule is CC(C)CCN1C(=O)N(C(C)C)C(=O)C12CCN(CC=Cc1ccco1)CC2. The molecule has 3 amide bonds. The van der Waals surface area contributed by atoms with Crippen LogP contribution in [-0.2, 0) is 4.79 Å². The van der Waals surface area contributed by atoms with Gasteiger partial charge in [-0.2, -0.15) is 0 Å². The molecule has 1 spiro atoms. The average Bonchev–Trinajstić information content (AvgIpc) is 3.22. The molecule has 2 saturated heterocycles. The van der Waals surface area contributed by atoms with E-state index in [0.29, 0.717) is 25.3 Å². The van der Waals surface area contributed by atoms with Crippen molar-refractivity contribution in [2.75, 3.05) is 26.2 Å². The average molecular weight is 388 g/mol. The number of likely N-dealkylation sites (tertiary alicyclic amines) is 1. The lowest BCUT2D eigenvalue weighted by atomic mass is 9.85. The van der Waals surface area contributed by atoms with Crippen molar-refractivity contribution in [3.8, 4) is 0 Å². The van der Waals surface area contributed by atoms with E-state index in [-0.39, 0.29) is 18.0 Å². The maximum atomic E-state index is 13.3. The predicted octanol–water partition coefficient (Wildman–Crippen LogP) is 3.85. The molecule has 154 valence electrons. The van der Waals surface area contributed by atoms with Crippen molar-refractivity contribution in [3.63, 3.8) is 0 Å². The Morgan fingerprint density at radius 2 is 1.89 bits per heavy atom. The Morgan fingerprint density at radius 1 is 1.18 bits per heavy atom. The van der Waals surface area contributed by atoms with Crippen LogP contribution in [0, 0.1) is 5.92 Å². The fourth-order valence-electron chi connectivity index (χ4n) is 4.19. The zero-order valence-corrected chi connectivity index (χ0v) is 17.6. The van der Waals surface area contributed by atoms with E-state index in [4.69, 9.17) is 4.42 Å². The van der Waals surface area contributed by atoms with Crippen molar-refractivity contribution >= 4 is 18.0 Å². The number of rotatable bonds is 7. The Labute approximate surface area is 168 Å². The van der Waals surface area contributed by atoms with Crippen molar-refractivity contribution in [1.82, 2.24) is 14.7 Å². The second-order valence-corrected chi connectivity index (χ2v) is 8.64. The van der Waals surface area contributed by atoms with Gasteiger partial charge in [-0.05, 0) is 57.2 Å². The first-order valence-corrected chi connectivity index (χ1v) is 10.4. The maximum absolute atomic E-state index is 13.3. The third kappa shape index (κ3) is 4.02. The monoisotopic (exact) mass is 387 g/mol. The molecule has 0 unspecified atom stereocenters. The van der Waals surface area contributed by atoms with E-state index >= 15 is 0 Å². The van der Waals surface area contributed by atoms with E-state index in [9.17, 15) is 9.59 Å². The van der Waals surface area contributed by atoms with Gasteiger partial charge in [-0.1, -0.05) is 19.9 Å². The Hall–Kier alpha value is -2.08. The van der Waals surface area contributed by atoms with Gasteiger partial charge in [-0.15, -0.1) is 0 Å². The fourth-order valence-corrected chi connectivity index (χ4v) is 4.19. The fraction of sp³-hybridized carbons (Fsp3) is 0.636. The molecule has 2 aliphatic rings. The lowest BCUT2D eigenvalue weighted by molar-refractivity contribution is -0.136. The molecule has 6 nitrogen and oxygen atoms in total. The summed E-state index contributed by atoms with van der Waals surface area (Å²) in [5, 5.41) is 0. The summed E-state index contributed by atoms with van der Waals surface area (Å²) in [5.41, 5.74) is -0.655. The van der Waals surface area contributed by atoms with E-state index < -0.39 is 5.54 Å². The van der Waals surface area contributed by atoms with Crippen molar-refractivity contribution in [2.24, 2.45) is 5.92 Å². The summed E-state index contributed by atoms with van der Waals surface area (Å²) in [6, 6.07) is 3.60. The van der Waals surface area contributed by atoms with Crippen LogP contribution in [0.25, 0.3) is 6.08 Å². The van der Waals surface area contributed by atoms with Crippen LogP contribution in [0.2, 0.25) is 0 Å². The third-order valence-corrected chi connectivity index (χ3v) is 5.89. The highest BCUT2D eigenvalue weighted by Gasteiger charge is 2.58. The lowest BCUT2D eigenvalue weighted by Gasteiger charge is -2.42. The zero-order valence-electron chi connectivity index (χ0n) is 17.6. The summed E-state index contributed by atoms with van der Waals surface area (Å²) in [5.74, 6) is 1.35. The quantitative estimate of drug-likeness (QED) is 0.667. The Bertz CT molecular complexity index is 701. The molecule has 0 aromatic carbocycles. The highest BCUT2D eigenvalue weighted by Crippen LogP contribution is 2.38. The normalized spacial score (nSPS) is 20.6. The van der Waals surface area contributed by atoms with Crippen LogP contribution in [0.15, 0.2) is 28.9 Å². The Balaban J connectivity index is 1.68. The molecule has 3 rings (SSSR count). The largest absolute Gasteiger partial charge is 0.465 e. The summed E-state index contributed by atoms with van der Waals surface area (Å²) < 4.78 is 5.32. The van der Waals surface area contributed by atoms with Crippen LogP contribution in [0.4, 0.5) is 4.79 Å². The van der Waals surface area contributed by atoms with E-state index in [2.05, 4.69) is 24.8 Å². The van der Waals surface area contributed by atoms with Crippen LogP contribution in [0.1, 0.15) is 52.7 Å². The molecule has 0 radical (unpaired) electrons. The predicted molar refractivity (Wildman–Crippen MR) is 110 cm³/mol. The molecule has 0 atom stereocenters. The second kappa shape index (κ2) is 8.52. The van der Waals surface area contributed by atoms with E-state index in [1.807, 2.05) is 37.0 Å². The van der Waals surface area contributed by atoms with Gasteiger partial charge < -0.3 is 9.32 Å². The van der Waals surface area contributed by atoms with Gasteiger partial charge in [0.05, 0.1) is 6.26 Å². The van der Waals surface area contributed by atoms with Crippen molar-refractivity contribution < 1.29 is 14.0 Å². The van der Waals surface area contributed by atoms with E-state index in [1.165, 1.54) is 4.90 Å². The van der Waals surface area contributed by atoms with E-state index in [0.717, 1.165) is 31.8 Å². The van der Waals surface area contributed by atoms with Crippen molar-refractivity contribution in [2.45, 2.75) is 58.5 Å². The van der Waals surface area contributed by atoms with Crippen molar-refractivity contribution in [1.29, 1.82) is 0 Å². The van der Waals surface area contributed by atoms with Crippen LogP contribution in [0.3, 0.4) is 0 Å². The molecule has 2 aliphatic heterocycles.